The first-order valence-electron chi connectivity index (χ1n) is 4.54. The van der Waals surface area contributed by atoms with Crippen LogP contribution in [0.1, 0.15) is 0 Å². The summed E-state index contributed by atoms with van der Waals surface area (Å²) in [5.74, 6) is 0. The first kappa shape index (κ1) is 8.73. The van der Waals surface area contributed by atoms with Crippen molar-refractivity contribution in [2.75, 3.05) is 0 Å². The Morgan fingerprint density at radius 1 is 1.20 bits per heavy atom. The number of aromatic nitrogens is 2. The standard InChI is InChI=1S/C11H7BrN2O/c12-7-3-4-8-10(6-7)14-5-1-2-9(14)11(15)13-8/h1-6H,(H,13,15). The highest BCUT2D eigenvalue weighted by atomic mass is 79.9. The maximum absolute atomic E-state index is 11.7. The van der Waals surface area contributed by atoms with Crippen LogP contribution in [-0.2, 0) is 0 Å². The maximum Gasteiger partial charge on any atom is 0.272 e. The molecule has 15 heavy (non-hydrogen) atoms. The number of nitrogens with one attached hydrogen (secondary N) is 1. The average Bonchev–Trinajstić information content (AvgIpc) is 2.69. The first-order chi connectivity index (χ1) is 7.25. The van der Waals surface area contributed by atoms with Crippen LogP contribution in [0.25, 0.3) is 16.6 Å². The summed E-state index contributed by atoms with van der Waals surface area (Å²) in [5, 5.41) is 0. The van der Waals surface area contributed by atoms with Crippen LogP contribution in [0.3, 0.4) is 0 Å². The van der Waals surface area contributed by atoms with Gasteiger partial charge in [0.25, 0.3) is 5.56 Å². The molecular weight excluding hydrogens is 256 g/mol. The molecule has 2 heterocycles. The zero-order valence-corrected chi connectivity index (χ0v) is 9.28. The van der Waals surface area contributed by atoms with E-state index in [2.05, 4.69) is 20.9 Å². The Morgan fingerprint density at radius 2 is 2.07 bits per heavy atom. The van der Waals surface area contributed by atoms with Crippen molar-refractivity contribution in [1.29, 1.82) is 0 Å². The van der Waals surface area contributed by atoms with Gasteiger partial charge in [-0.3, -0.25) is 4.79 Å². The Hall–Kier alpha value is -1.55. The van der Waals surface area contributed by atoms with Crippen molar-refractivity contribution in [2.45, 2.75) is 0 Å². The predicted molar refractivity (Wildman–Crippen MR) is 63.2 cm³/mol. The molecule has 2 aromatic heterocycles. The van der Waals surface area contributed by atoms with E-state index in [1.165, 1.54) is 0 Å². The maximum atomic E-state index is 11.7. The lowest BCUT2D eigenvalue weighted by Gasteiger charge is -2.02. The van der Waals surface area contributed by atoms with E-state index < -0.39 is 0 Å². The first-order valence-corrected chi connectivity index (χ1v) is 5.33. The van der Waals surface area contributed by atoms with Crippen LogP contribution in [0, 0.1) is 0 Å². The second kappa shape index (κ2) is 2.97. The van der Waals surface area contributed by atoms with Gasteiger partial charge in [-0.05, 0) is 30.3 Å². The third-order valence-corrected chi connectivity index (χ3v) is 2.94. The largest absolute Gasteiger partial charge is 0.319 e. The molecule has 1 aromatic carbocycles. The van der Waals surface area contributed by atoms with Crippen molar-refractivity contribution < 1.29 is 0 Å². The van der Waals surface area contributed by atoms with Crippen LogP contribution >= 0.6 is 15.9 Å². The molecule has 3 rings (SSSR count). The van der Waals surface area contributed by atoms with E-state index in [0.29, 0.717) is 5.52 Å². The van der Waals surface area contributed by atoms with Gasteiger partial charge in [-0.2, -0.15) is 0 Å². The van der Waals surface area contributed by atoms with Gasteiger partial charge >= 0.3 is 0 Å². The summed E-state index contributed by atoms with van der Waals surface area (Å²) in [6, 6.07) is 9.45. The van der Waals surface area contributed by atoms with Gasteiger partial charge in [0, 0.05) is 10.7 Å². The molecule has 0 aliphatic carbocycles. The van der Waals surface area contributed by atoms with Crippen molar-refractivity contribution >= 4 is 32.5 Å². The number of H-pyrrole nitrogens is 1. The second-order valence-corrected chi connectivity index (χ2v) is 4.29. The van der Waals surface area contributed by atoms with E-state index in [0.717, 1.165) is 15.5 Å². The molecule has 0 aliphatic rings. The number of halogens is 1. The number of benzene rings is 1. The minimum atomic E-state index is -0.0603. The molecule has 4 heteroatoms. The number of fused-ring (bicyclic) bond motifs is 3. The van der Waals surface area contributed by atoms with Crippen molar-refractivity contribution in [3.8, 4) is 0 Å². The van der Waals surface area contributed by atoms with Gasteiger partial charge in [-0.25, -0.2) is 0 Å². The molecule has 0 saturated carbocycles. The smallest absolute Gasteiger partial charge is 0.272 e. The van der Waals surface area contributed by atoms with Gasteiger partial charge in [0.05, 0.1) is 11.0 Å². The fraction of sp³-hybridized carbons (Fsp3) is 0. The van der Waals surface area contributed by atoms with E-state index in [-0.39, 0.29) is 5.56 Å². The summed E-state index contributed by atoms with van der Waals surface area (Å²) in [5.41, 5.74) is 2.44. The number of rotatable bonds is 0. The van der Waals surface area contributed by atoms with E-state index in [9.17, 15) is 4.79 Å². The van der Waals surface area contributed by atoms with Gasteiger partial charge in [-0.1, -0.05) is 15.9 Å². The molecule has 3 nitrogen and oxygen atoms in total. The van der Waals surface area contributed by atoms with Crippen LogP contribution < -0.4 is 5.56 Å². The Labute approximate surface area is 93.5 Å². The number of nitrogens with zero attached hydrogens (tertiary/aromatic N) is 1. The Morgan fingerprint density at radius 3 is 2.93 bits per heavy atom. The molecule has 3 aromatic rings. The van der Waals surface area contributed by atoms with Crippen LogP contribution in [-0.4, -0.2) is 9.38 Å². The highest BCUT2D eigenvalue weighted by Gasteiger charge is 2.03. The van der Waals surface area contributed by atoms with E-state index in [4.69, 9.17) is 0 Å². The molecule has 0 aliphatic heterocycles. The van der Waals surface area contributed by atoms with Gasteiger partial charge in [0.15, 0.2) is 0 Å². The minimum absolute atomic E-state index is 0.0603. The molecule has 74 valence electrons. The number of hydrogen-bond donors (Lipinski definition) is 1. The predicted octanol–water partition coefficient (Wildman–Crippen LogP) is 2.54. The highest BCUT2D eigenvalue weighted by molar-refractivity contribution is 9.10. The van der Waals surface area contributed by atoms with Crippen LogP contribution in [0.2, 0.25) is 0 Å². The van der Waals surface area contributed by atoms with E-state index >= 15 is 0 Å². The van der Waals surface area contributed by atoms with Crippen molar-refractivity contribution in [3.05, 3.63) is 51.4 Å². The monoisotopic (exact) mass is 262 g/mol. The van der Waals surface area contributed by atoms with Crippen LogP contribution in [0.5, 0.6) is 0 Å². The van der Waals surface area contributed by atoms with Crippen molar-refractivity contribution in [2.24, 2.45) is 0 Å². The van der Waals surface area contributed by atoms with Crippen molar-refractivity contribution in [3.63, 3.8) is 0 Å². The number of hydrogen-bond acceptors (Lipinski definition) is 1. The third kappa shape index (κ3) is 1.22. The molecule has 0 atom stereocenters. The quantitative estimate of drug-likeness (QED) is 0.665. The lowest BCUT2D eigenvalue weighted by Crippen LogP contribution is -2.09. The zero-order valence-electron chi connectivity index (χ0n) is 7.70. The molecule has 0 radical (unpaired) electrons. The summed E-state index contributed by atoms with van der Waals surface area (Å²) in [6.07, 6.45) is 1.89. The lowest BCUT2D eigenvalue weighted by molar-refractivity contribution is 1.19. The molecular formula is C11H7BrN2O. The zero-order chi connectivity index (χ0) is 10.4. The molecule has 0 saturated heterocycles. The third-order valence-electron chi connectivity index (χ3n) is 2.45. The molecule has 0 unspecified atom stereocenters. The van der Waals surface area contributed by atoms with E-state index in [1.54, 1.807) is 6.07 Å². The Bertz CT molecular complexity index is 711. The van der Waals surface area contributed by atoms with E-state index in [1.807, 2.05) is 34.9 Å². The summed E-state index contributed by atoms with van der Waals surface area (Å²) < 4.78 is 2.89. The average molecular weight is 263 g/mol. The Kier molecular flexibility index (Phi) is 1.73. The van der Waals surface area contributed by atoms with Gasteiger partial charge in [0.2, 0.25) is 0 Å². The van der Waals surface area contributed by atoms with Crippen LogP contribution in [0.4, 0.5) is 0 Å². The molecule has 0 bridgehead atoms. The molecule has 0 spiro atoms. The summed E-state index contributed by atoms with van der Waals surface area (Å²) in [7, 11) is 0. The summed E-state index contributed by atoms with van der Waals surface area (Å²) >= 11 is 3.42. The van der Waals surface area contributed by atoms with Gasteiger partial charge < -0.3 is 9.38 Å². The highest BCUT2D eigenvalue weighted by Crippen LogP contribution is 2.18. The van der Waals surface area contributed by atoms with Gasteiger partial charge in [0.1, 0.15) is 5.52 Å². The lowest BCUT2D eigenvalue weighted by atomic mass is 10.3. The molecule has 1 N–H and O–H groups in total. The topological polar surface area (TPSA) is 37.3 Å². The minimum Gasteiger partial charge on any atom is -0.319 e. The summed E-state index contributed by atoms with van der Waals surface area (Å²) in [4.78, 5) is 14.5. The fourth-order valence-corrected chi connectivity index (χ4v) is 2.12. The van der Waals surface area contributed by atoms with Crippen molar-refractivity contribution in [1.82, 2.24) is 9.38 Å². The Balaban J connectivity index is 2.67. The number of aromatic amines is 1. The molecule has 0 amide bonds. The van der Waals surface area contributed by atoms with Gasteiger partial charge in [-0.15, -0.1) is 0 Å². The molecule has 0 fully saturated rings. The summed E-state index contributed by atoms with van der Waals surface area (Å²) in [6.45, 7) is 0. The van der Waals surface area contributed by atoms with Crippen LogP contribution in [0.15, 0.2) is 45.8 Å². The SMILES string of the molecule is O=c1[nH]c2ccc(Br)cc2n2cccc12. The normalized spacial score (nSPS) is 11.3. The second-order valence-electron chi connectivity index (χ2n) is 3.38. The fourth-order valence-electron chi connectivity index (χ4n) is 1.77.